The number of amides is 1. The Bertz CT molecular complexity index is 628. The molecule has 0 atom stereocenters. The van der Waals surface area contributed by atoms with Crippen LogP contribution in [0.15, 0.2) is 48.5 Å². The summed E-state index contributed by atoms with van der Waals surface area (Å²) in [6.45, 7) is 0.754. The first-order valence-electron chi connectivity index (χ1n) is 6.92. The van der Waals surface area contributed by atoms with Gasteiger partial charge in [-0.25, -0.2) is 0 Å². The Morgan fingerprint density at radius 1 is 1.00 bits per heavy atom. The zero-order valence-corrected chi connectivity index (χ0v) is 12.7. The van der Waals surface area contributed by atoms with E-state index in [1.165, 1.54) is 0 Å². The van der Waals surface area contributed by atoms with Crippen molar-refractivity contribution in [1.29, 1.82) is 0 Å². The van der Waals surface area contributed by atoms with Crippen molar-refractivity contribution < 1.29 is 19.0 Å². The Morgan fingerprint density at radius 2 is 1.77 bits per heavy atom. The molecule has 116 valence electrons. The van der Waals surface area contributed by atoms with E-state index in [1.54, 1.807) is 38.5 Å². The Morgan fingerprint density at radius 3 is 2.50 bits per heavy atom. The molecule has 0 radical (unpaired) electrons. The van der Waals surface area contributed by atoms with E-state index < -0.39 is 0 Å². The summed E-state index contributed by atoms with van der Waals surface area (Å²) >= 11 is 0. The summed E-state index contributed by atoms with van der Waals surface area (Å²) < 4.78 is 15.9. The third-order valence-electron chi connectivity index (χ3n) is 3.05. The summed E-state index contributed by atoms with van der Waals surface area (Å²) in [5.74, 6) is 1.81. The van der Waals surface area contributed by atoms with E-state index in [0.717, 1.165) is 0 Å². The fourth-order valence-corrected chi connectivity index (χ4v) is 1.93. The molecular formula is C17H19NO4. The number of hydrogen-bond donors (Lipinski definition) is 1. The first kappa shape index (κ1) is 15.7. The molecule has 2 aromatic rings. The summed E-state index contributed by atoms with van der Waals surface area (Å²) in [4.78, 5) is 12.0. The van der Waals surface area contributed by atoms with Crippen molar-refractivity contribution in [1.82, 2.24) is 5.32 Å². The smallest absolute Gasteiger partial charge is 0.251 e. The van der Waals surface area contributed by atoms with Gasteiger partial charge in [-0.05, 0) is 30.3 Å². The fraction of sp³-hybridized carbons (Fsp3) is 0.235. The largest absolute Gasteiger partial charge is 0.497 e. The molecule has 1 N–H and O–H groups in total. The van der Waals surface area contributed by atoms with Gasteiger partial charge in [0.1, 0.15) is 12.4 Å². The van der Waals surface area contributed by atoms with Crippen molar-refractivity contribution in [3.63, 3.8) is 0 Å². The number of benzene rings is 2. The minimum Gasteiger partial charge on any atom is -0.497 e. The highest BCUT2D eigenvalue weighted by molar-refractivity contribution is 5.94. The minimum atomic E-state index is -0.164. The zero-order valence-electron chi connectivity index (χ0n) is 12.7. The van der Waals surface area contributed by atoms with E-state index in [-0.39, 0.29) is 5.91 Å². The maximum atomic E-state index is 12.0. The van der Waals surface area contributed by atoms with Crippen molar-refractivity contribution in [2.75, 3.05) is 27.4 Å². The van der Waals surface area contributed by atoms with Gasteiger partial charge in [-0.2, -0.15) is 0 Å². The van der Waals surface area contributed by atoms with E-state index in [9.17, 15) is 4.79 Å². The molecule has 1 amide bonds. The van der Waals surface area contributed by atoms with Crippen LogP contribution in [0.4, 0.5) is 0 Å². The number of ether oxygens (including phenoxy) is 3. The first-order chi connectivity index (χ1) is 10.7. The molecule has 2 rings (SSSR count). The lowest BCUT2D eigenvalue weighted by atomic mass is 10.2. The molecule has 5 nitrogen and oxygen atoms in total. The van der Waals surface area contributed by atoms with E-state index in [2.05, 4.69) is 5.32 Å². The van der Waals surface area contributed by atoms with E-state index in [4.69, 9.17) is 14.2 Å². The van der Waals surface area contributed by atoms with Gasteiger partial charge >= 0.3 is 0 Å². The monoisotopic (exact) mass is 301 g/mol. The number of rotatable bonds is 7. The molecule has 0 heterocycles. The average molecular weight is 301 g/mol. The second-order valence-electron chi connectivity index (χ2n) is 4.49. The second kappa shape index (κ2) is 7.93. The zero-order chi connectivity index (χ0) is 15.8. The first-order valence-corrected chi connectivity index (χ1v) is 6.92. The average Bonchev–Trinajstić information content (AvgIpc) is 2.58. The van der Waals surface area contributed by atoms with Gasteiger partial charge in [0.15, 0.2) is 11.5 Å². The number of methoxy groups -OCH3 is 2. The summed E-state index contributed by atoms with van der Waals surface area (Å²) in [7, 11) is 3.16. The van der Waals surface area contributed by atoms with E-state index in [1.807, 2.05) is 24.3 Å². The third-order valence-corrected chi connectivity index (χ3v) is 3.05. The molecule has 0 spiro atoms. The highest BCUT2D eigenvalue weighted by atomic mass is 16.5. The quantitative estimate of drug-likeness (QED) is 0.798. The maximum absolute atomic E-state index is 12.0. The molecule has 0 saturated carbocycles. The number of para-hydroxylation sites is 2. The SMILES string of the molecule is COc1cccc(C(=O)NCCOc2ccccc2OC)c1. The van der Waals surface area contributed by atoms with Crippen molar-refractivity contribution in [3.8, 4) is 17.2 Å². The van der Waals surface area contributed by atoms with Crippen LogP contribution in [0.3, 0.4) is 0 Å². The second-order valence-corrected chi connectivity index (χ2v) is 4.49. The van der Waals surface area contributed by atoms with Crippen LogP contribution in [0.2, 0.25) is 0 Å². The summed E-state index contributed by atoms with van der Waals surface area (Å²) in [6.07, 6.45) is 0. The predicted octanol–water partition coefficient (Wildman–Crippen LogP) is 2.51. The molecule has 0 fully saturated rings. The van der Waals surface area contributed by atoms with Gasteiger partial charge in [-0.3, -0.25) is 4.79 Å². The van der Waals surface area contributed by atoms with Gasteiger partial charge in [-0.15, -0.1) is 0 Å². The van der Waals surface area contributed by atoms with Crippen LogP contribution >= 0.6 is 0 Å². The normalized spacial score (nSPS) is 9.91. The van der Waals surface area contributed by atoms with Crippen molar-refractivity contribution in [2.24, 2.45) is 0 Å². The summed E-state index contributed by atoms with van der Waals surface area (Å²) in [5.41, 5.74) is 0.552. The number of carbonyl (C=O) groups is 1. The van der Waals surface area contributed by atoms with Crippen LogP contribution in [-0.2, 0) is 0 Å². The number of carbonyl (C=O) groups excluding carboxylic acids is 1. The lowest BCUT2D eigenvalue weighted by molar-refractivity contribution is 0.0946. The molecule has 0 saturated heterocycles. The third kappa shape index (κ3) is 4.15. The molecule has 0 unspecified atom stereocenters. The molecular weight excluding hydrogens is 282 g/mol. The van der Waals surface area contributed by atoms with Crippen molar-refractivity contribution >= 4 is 5.91 Å². The standard InChI is InChI=1S/C17H19NO4/c1-20-14-7-5-6-13(12-14)17(19)18-10-11-22-16-9-4-3-8-15(16)21-2/h3-9,12H,10-11H2,1-2H3,(H,18,19). The Labute approximate surface area is 129 Å². The maximum Gasteiger partial charge on any atom is 0.251 e. The van der Waals surface area contributed by atoms with Crippen LogP contribution in [-0.4, -0.2) is 33.3 Å². The van der Waals surface area contributed by atoms with E-state index >= 15 is 0 Å². The van der Waals surface area contributed by atoms with Gasteiger partial charge in [-0.1, -0.05) is 18.2 Å². The Hall–Kier alpha value is -2.69. The van der Waals surface area contributed by atoms with E-state index in [0.29, 0.717) is 36.0 Å². The number of nitrogens with one attached hydrogen (secondary N) is 1. The molecule has 0 aromatic heterocycles. The molecule has 0 aliphatic carbocycles. The van der Waals surface area contributed by atoms with Gasteiger partial charge < -0.3 is 19.5 Å². The summed E-state index contributed by atoms with van der Waals surface area (Å²) in [5, 5.41) is 2.80. The molecule has 0 aliphatic heterocycles. The van der Waals surface area contributed by atoms with Crippen LogP contribution in [0.1, 0.15) is 10.4 Å². The van der Waals surface area contributed by atoms with Crippen LogP contribution in [0, 0.1) is 0 Å². The van der Waals surface area contributed by atoms with Gasteiger partial charge in [0, 0.05) is 5.56 Å². The molecule has 22 heavy (non-hydrogen) atoms. The van der Waals surface area contributed by atoms with Crippen molar-refractivity contribution in [2.45, 2.75) is 0 Å². The van der Waals surface area contributed by atoms with Gasteiger partial charge in [0.25, 0.3) is 5.91 Å². The minimum absolute atomic E-state index is 0.164. The number of hydrogen-bond acceptors (Lipinski definition) is 4. The molecule has 0 bridgehead atoms. The molecule has 0 aliphatic rings. The lowest BCUT2D eigenvalue weighted by Gasteiger charge is -2.11. The van der Waals surface area contributed by atoms with Crippen molar-refractivity contribution in [3.05, 3.63) is 54.1 Å². The lowest BCUT2D eigenvalue weighted by Crippen LogP contribution is -2.28. The topological polar surface area (TPSA) is 56.8 Å². The van der Waals surface area contributed by atoms with Crippen LogP contribution < -0.4 is 19.5 Å². The van der Waals surface area contributed by atoms with Gasteiger partial charge in [0.05, 0.1) is 20.8 Å². The highest BCUT2D eigenvalue weighted by Crippen LogP contribution is 2.25. The fourth-order valence-electron chi connectivity index (χ4n) is 1.93. The predicted molar refractivity (Wildman–Crippen MR) is 83.8 cm³/mol. The highest BCUT2D eigenvalue weighted by Gasteiger charge is 2.06. The molecule has 5 heteroatoms. The molecule has 2 aromatic carbocycles. The van der Waals surface area contributed by atoms with Crippen LogP contribution in [0.5, 0.6) is 17.2 Å². The Balaban J connectivity index is 1.82. The Kier molecular flexibility index (Phi) is 5.65. The van der Waals surface area contributed by atoms with Crippen LogP contribution in [0.25, 0.3) is 0 Å². The summed E-state index contributed by atoms with van der Waals surface area (Å²) in [6, 6.07) is 14.4. The van der Waals surface area contributed by atoms with Gasteiger partial charge in [0.2, 0.25) is 0 Å².